The Kier molecular flexibility index (Phi) is 2.85. The number of hydrogen-bond acceptors (Lipinski definition) is 2. The average Bonchev–Trinajstić information content (AvgIpc) is 2.80. The molecule has 2 heteroatoms. The number of ether oxygens (including phenoxy) is 2. The topological polar surface area (TPSA) is 21.8 Å². The zero-order valence-corrected chi connectivity index (χ0v) is 9.58. The van der Waals surface area contributed by atoms with E-state index in [1.165, 1.54) is 25.7 Å². The van der Waals surface area contributed by atoms with Crippen molar-refractivity contribution in [3.63, 3.8) is 0 Å². The first-order valence-electron chi connectivity index (χ1n) is 5.90. The molecule has 0 aromatic heterocycles. The van der Waals surface area contributed by atoms with E-state index in [1.54, 1.807) is 0 Å². The Hall–Kier alpha value is -0.0800. The SMILES string of the molecule is CCOC(C)(C)CC1CCC2OC2C1. The summed E-state index contributed by atoms with van der Waals surface area (Å²) in [5.41, 5.74) is 0.0567. The van der Waals surface area contributed by atoms with Crippen LogP contribution >= 0.6 is 0 Å². The highest BCUT2D eigenvalue weighted by atomic mass is 16.6. The van der Waals surface area contributed by atoms with E-state index in [0.717, 1.165) is 12.5 Å². The minimum absolute atomic E-state index is 0.0567. The van der Waals surface area contributed by atoms with Crippen LogP contribution in [-0.4, -0.2) is 24.4 Å². The van der Waals surface area contributed by atoms with Crippen LogP contribution in [0.15, 0.2) is 0 Å². The summed E-state index contributed by atoms with van der Waals surface area (Å²) < 4.78 is 11.3. The van der Waals surface area contributed by atoms with Crippen molar-refractivity contribution in [3.8, 4) is 0 Å². The predicted octanol–water partition coefficient (Wildman–Crippen LogP) is 2.76. The molecule has 1 heterocycles. The molecule has 1 saturated heterocycles. The van der Waals surface area contributed by atoms with E-state index in [4.69, 9.17) is 9.47 Å². The van der Waals surface area contributed by atoms with Gasteiger partial charge in [-0.2, -0.15) is 0 Å². The van der Waals surface area contributed by atoms with E-state index in [9.17, 15) is 0 Å². The highest BCUT2D eigenvalue weighted by Gasteiger charge is 2.44. The summed E-state index contributed by atoms with van der Waals surface area (Å²) in [5.74, 6) is 0.820. The molecule has 82 valence electrons. The maximum atomic E-state index is 5.74. The van der Waals surface area contributed by atoms with Crippen LogP contribution in [0.25, 0.3) is 0 Å². The van der Waals surface area contributed by atoms with Crippen LogP contribution in [0.5, 0.6) is 0 Å². The van der Waals surface area contributed by atoms with E-state index < -0.39 is 0 Å². The molecule has 2 nitrogen and oxygen atoms in total. The van der Waals surface area contributed by atoms with Crippen molar-refractivity contribution in [3.05, 3.63) is 0 Å². The van der Waals surface area contributed by atoms with Crippen molar-refractivity contribution in [2.24, 2.45) is 5.92 Å². The van der Waals surface area contributed by atoms with Gasteiger partial charge < -0.3 is 9.47 Å². The second kappa shape index (κ2) is 3.82. The molecule has 0 amide bonds. The lowest BCUT2D eigenvalue weighted by Gasteiger charge is -2.30. The van der Waals surface area contributed by atoms with Gasteiger partial charge >= 0.3 is 0 Å². The average molecular weight is 198 g/mol. The molecule has 1 aliphatic heterocycles. The van der Waals surface area contributed by atoms with Gasteiger partial charge in [-0.3, -0.25) is 0 Å². The second-order valence-corrected chi connectivity index (χ2v) is 5.29. The van der Waals surface area contributed by atoms with Crippen molar-refractivity contribution in [2.45, 2.75) is 64.3 Å². The molecule has 0 radical (unpaired) electrons. The van der Waals surface area contributed by atoms with E-state index in [2.05, 4.69) is 20.8 Å². The summed E-state index contributed by atoms with van der Waals surface area (Å²) in [4.78, 5) is 0. The van der Waals surface area contributed by atoms with Gasteiger partial charge in [-0.15, -0.1) is 0 Å². The van der Waals surface area contributed by atoms with Gasteiger partial charge in [0.15, 0.2) is 0 Å². The highest BCUT2D eigenvalue weighted by molar-refractivity contribution is 4.93. The van der Waals surface area contributed by atoms with Gasteiger partial charge in [-0.05, 0) is 52.4 Å². The molecule has 1 saturated carbocycles. The van der Waals surface area contributed by atoms with Gasteiger partial charge in [-0.1, -0.05) is 0 Å². The van der Waals surface area contributed by atoms with Crippen LogP contribution in [0.1, 0.15) is 46.5 Å². The smallest absolute Gasteiger partial charge is 0.0844 e. The zero-order valence-electron chi connectivity index (χ0n) is 9.58. The summed E-state index contributed by atoms with van der Waals surface area (Å²) in [6, 6.07) is 0. The van der Waals surface area contributed by atoms with Gasteiger partial charge in [-0.25, -0.2) is 0 Å². The molecule has 2 rings (SSSR count). The Bertz CT molecular complexity index is 200. The Balaban J connectivity index is 1.78. The van der Waals surface area contributed by atoms with E-state index in [1.807, 2.05) is 0 Å². The summed E-state index contributed by atoms with van der Waals surface area (Å²) in [6.45, 7) is 7.30. The third kappa shape index (κ3) is 2.48. The third-order valence-corrected chi connectivity index (χ3v) is 3.43. The summed E-state index contributed by atoms with van der Waals surface area (Å²) in [7, 11) is 0. The lowest BCUT2D eigenvalue weighted by atomic mass is 9.82. The Labute approximate surface area is 87.0 Å². The van der Waals surface area contributed by atoms with Gasteiger partial charge in [0, 0.05) is 6.61 Å². The number of epoxide rings is 1. The standard InChI is InChI=1S/C12H22O2/c1-4-13-12(2,3)8-9-5-6-10-11(7-9)14-10/h9-11H,4-8H2,1-3H3. The van der Waals surface area contributed by atoms with Crippen LogP contribution in [0.3, 0.4) is 0 Å². The molecule has 3 atom stereocenters. The molecular weight excluding hydrogens is 176 g/mol. The second-order valence-electron chi connectivity index (χ2n) is 5.29. The van der Waals surface area contributed by atoms with Crippen molar-refractivity contribution in [2.75, 3.05) is 6.61 Å². The molecule has 0 aromatic carbocycles. The van der Waals surface area contributed by atoms with Crippen LogP contribution in [0.4, 0.5) is 0 Å². The van der Waals surface area contributed by atoms with Crippen LogP contribution in [-0.2, 0) is 9.47 Å². The molecule has 0 spiro atoms. The minimum atomic E-state index is 0.0567. The lowest BCUT2D eigenvalue weighted by Crippen LogP contribution is -2.29. The number of rotatable bonds is 4. The zero-order chi connectivity index (χ0) is 10.2. The fourth-order valence-electron chi connectivity index (χ4n) is 2.82. The summed E-state index contributed by atoms with van der Waals surface area (Å²) in [5, 5.41) is 0. The molecule has 0 N–H and O–H groups in total. The van der Waals surface area contributed by atoms with Crippen molar-refractivity contribution < 1.29 is 9.47 Å². The van der Waals surface area contributed by atoms with Gasteiger partial charge in [0.2, 0.25) is 0 Å². The molecule has 1 aliphatic carbocycles. The minimum Gasteiger partial charge on any atom is -0.376 e. The van der Waals surface area contributed by atoms with Gasteiger partial charge in [0.05, 0.1) is 17.8 Å². The quantitative estimate of drug-likeness (QED) is 0.648. The van der Waals surface area contributed by atoms with E-state index >= 15 is 0 Å². The molecule has 3 unspecified atom stereocenters. The maximum absolute atomic E-state index is 5.74. The van der Waals surface area contributed by atoms with Crippen molar-refractivity contribution in [1.29, 1.82) is 0 Å². The van der Waals surface area contributed by atoms with Gasteiger partial charge in [0.1, 0.15) is 0 Å². The first kappa shape index (κ1) is 10.4. The highest BCUT2D eigenvalue weighted by Crippen LogP contribution is 2.42. The van der Waals surface area contributed by atoms with Crippen molar-refractivity contribution >= 4 is 0 Å². The number of hydrogen-bond donors (Lipinski definition) is 0. The molecule has 0 aromatic rings. The fourth-order valence-corrected chi connectivity index (χ4v) is 2.82. The lowest BCUT2D eigenvalue weighted by molar-refractivity contribution is -0.0300. The maximum Gasteiger partial charge on any atom is 0.0844 e. The first-order valence-corrected chi connectivity index (χ1v) is 5.90. The predicted molar refractivity (Wildman–Crippen MR) is 56.3 cm³/mol. The Morgan fingerprint density at radius 2 is 2.07 bits per heavy atom. The van der Waals surface area contributed by atoms with Crippen LogP contribution in [0, 0.1) is 5.92 Å². The summed E-state index contributed by atoms with van der Waals surface area (Å²) in [6.07, 6.45) is 6.29. The molecule has 0 bridgehead atoms. The van der Waals surface area contributed by atoms with Crippen LogP contribution < -0.4 is 0 Å². The monoisotopic (exact) mass is 198 g/mol. The molecule has 2 fully saturated rings. The molecule has 2 aliphatic rings. The van der Waals surface area contributed by atoms with Crippen LogP contribution in [0.2, 0.25) is 0 Å². The van der Waals surface area contributed by atoms with E-state index in [-0.39, 0.29) is 5.60 Å². The normalized spacial score (nSPS) is 36.6. The largest absolute Gasteiger partial charge is 0.376 e. The van der Waals surface area contributed by atoms with E-state index in [0.29, 0.717) is 12.2 Å². The third-order valence-electron chi connectivity index (χ3n) is 3.43. The summed E-state index contributed by atoms with van der Waals surface area (Å²) >= 11 is 0. The Morgan fingerprint density at radius 3 is 2.71 bits per heavy atom. The van der Waals surface area contributed by atoms with Crippen molar-refractivity contribution in [1.82, 2.24) is 0 Å². The molecular formula is C12H22O2. The molecule has 14 heavy (non-hydrogen) atoms. The Morgan fingerprint density at radius 1 is 1.29 bits per heavy atom. The first-order chi connectivity index (χ1) is 6.61. The van der Waals surface area contributed by atoms with Gasteiger partial charge in [0.25, 0.3) is 0 Å². The fraction of sp³-hybridized carbons (Fsp3) is 1.00. The number of fused-ring (bicyclic) bond motifs is 1.